The smallest absolute Gasteiger partial charge is 0.129 e. The molecule has 0 aromatic carbocycles. The Hall–Kier alpha value is -1.77. The standard InChI is InChI=1S/C9H9N3/c1-10-9-5-4-8(12-9)7-3-2-6-11-7/h2-6,11-12H,1H2. The summed E-state index contributed by atoms with van der Waals surface area (Å²) < 4.78 is 0. The highest BCUT2D eigenvalue weighted by Crippen LogP contribution is 2.19. The lowest BCUT2D eigenvalue weighted by Gasteiger charge is -1.90. The van der Waals surface area contributed by atoms with Gasteiger partial charge in [-0.05, 0) is 31.0 Å². The summed E-state index contributed by atoms with van der Waals surface area (Å²) in [5, 5.41) is 0. The van der Waals surface area contributed by atoms with Crippen LogP contribution in [0.3, 0.4) is 0 Å². The second-order valence-corrected chi connectivity index (χ2v) is 2.50. The van der Waals surface area contributed by atoms with Crippen LogP contribution in [-0.2, 0) is 0 Å². The van der Waals surface area contributed by atoms with Crippen LogP contribution >= 0.6 is 0 Å². The van der Waals surface area contributed by atoms with Crippen molar-refractivity contribution in [1.29, 1.82) is 0 Å². The first-order chi connectivity index (χ1) is 5.90. The highest BCUT2D eigenvalue weighted by atomic mass is 14.9. The average Bonchev–Trinajstić information content (AvgIpc) is 2.75. The third-order valence-electron chi connectivity index (χ3n) is 1.73. The van der Waals surface area contributed by atoms with Crippen LogP contribution in [0, 0.1) is 0 Å². The fraction of sp³-hybridized carbons (Fsp3) is 0. The Bertz CT molecular complexity index is 370. The predicted octanol–water partition coefficient (Wildman–Crippen LogP) is 2.34. The number of hydrogen-bond donors (Lipinski definition) is 2. The van der Waals surface area contributed by atoms with Crippen molar-refractivity contribution in [3.05, 3.63) is 30.5 Å². The van der Waals surface area contributed by atoms with E-state index in [1.807, 2.05) is 30.5 Å². The van der Waals surface area contributed by atoms with Gasteiger partial charge in [-0.2, -0.15) is 0 Å². The first kappa shape index (κ1) is 6.91. The number of aliphatic imine (C=N–C) groups is 1. The molecule has 12 heavy (non-hydrogen) atoms. The van der Waals surface area contributed by atoms with Crippen molar-refractivity contribution in [3.63, 3.8) is 0 Å². The molecule has 0 radical (unpaired) electrons. The minimum atomic E-state index is 0.791. The molecular weight excluding hydrogens is 150 g/mol. The molecule has 3 heteroatoms. The topological polar surface area (TPSA) is 43.9 Å². The van der Waals surface area contributed by atoms with Gasteiger partial charge in [-0.1, -0.05) is 0 Å². The maximum atomic E-state index is 3.78. The number of aromatic nitrogens is 2. The summed E-state index contributed by atoms with van der Waals surface area (Å²) in [7, 11) is 0. The van der Waals surface area contributed by atoms with Gasteiger partial charge in [0.1, 0.15) is 5.82 Å². The predicted molar refractivity (Wildman–Crippen MR) is 49.8 cm³/mol. The van der Waals surface area contributed by atoms with Crippen molar-refractivity contribution in [1.82, 2.24) is 9.97 Å². The first-order valence-electron chi connectivity index (χ1n) is 3.69. The molecule has 0 aliphatic carbocycles. The maximum Gasteiger partial charge on any atom is 0.129 e. The third kappa shape index (κ3) is 1.05. The Balaban J connectivity index is 2.41. The lowest BCUT2D eigenvalue weighted by Crippen LogP contribution is -1.74. The van der Waals surface area contributed by atoms with Gasteiger partial charge in [0.25, 0.3) is 0 Å². The lowest BCUT2D eigenvalue weighted by atomic mass is 10.3. The number of nitrogens with one attached hydrogen (secondary N) is 2. The van der Waals surface area contributed by atoms with Crippen molar-refractivity contribution in [3.8, 4) is 11.4 Å². The molecule has 0 unspecified atom stereocenters. The van der Waals surface area contributed by atoms with Gasteiger partial charge in [0.05, 0.1) is 11.4 Å². The van der Waals surface area contributed by atoms with Crippen LogP contribution in [0.25, 0.3) is 11.4 Å². The second kappa shape index (κ2) is 2.70. The highest BCUT2D eigenvalue weighted by Gasteiger charge is 1.99. The van der Waals surface area contributed by atoms with E-state index in [1.165, 1.54) is 0 Å². The molecule has 2 heterocycles. The van der Waals surface area contributed by atoms with E-state index in [1.54, 1.807) is 0 Å². The van der Waals surface area contributed by atoms with E-state index in [0.717, 1.165) is 17.2 Å². The van der Waals surface area contributed by atoms with Crippen LogP contribution in [0.2, 0.25) is 0 Å². The van der Waals surface area contributed by atoms with Gasteiger partial charge in [-0.3, -0.25) is 0 Å². The van der Waals surface area contributed by atoms with E-state index in [4.69, 9.17) is 0 Å². The minimum absolute atomic E-state index is 0.791. The molecule has 0 fully saturated rings. The van der Waals surface area contributed by atoms with Crippen LogP contribution in [-0.4, -0.2) is 16.7 Å². The van der Waals surface area contributed by atoms with E-state index in [2.05, 4.69) is 21.7 Å². The molecule has 0 aliphatic heterocycles. The first-order valence-corrected chi connectivity index (χ1v) is 3.69. The van der Waals surface area contributed by atoms with E-state index in [-0.39, 0.29) is 0 Å². The molecular formula is C9H9N3. The second-order valence-electron chi connectivity index (χ2n) is 2.50. The number of hydrogen-bond acceptors (Lipinski definition) is 1. The van der Waals surface area contributed by atoms with Crippen molar-refractivity contribution < 1.29 is 0 Å². The van der Waals surface area contributed by atoms with Crippen LogP contribution < -0.4 is 0 Å². The lowest BCUT2D eigenvalue weighted by molar-refractivity contribution is 1.30. The number of nitrogens with zero attached hydrogens (tertiary/aromatic N) is 1. The molecule has 0 amide bonds. The summed E-state index contributed by atoms with van der Waals surface area (Å²) in [5.74, 6) is 0.791. The monoisotopic (exact) mass is 159 g/mol. The average molecular weight is 159 g/mol. The number of aromatic amines is 2. The van der Waals surface area contributed by atoms with Crippen LogP contribution in [0.5, 0.6) is 0 Å². The van der Waals surface area contributed by atoms with Gasteiger partial charge in [0.15, 0.2) is 0 Å². The van der Waals surface area contributed by atoms with E-state index in [9.17, 15) is 0 Å². The zero-order valence-electron chi connectivity index (χ0n) is 6.54. The van der Waals surface area contributed by atoms with Crippen LogP contribution in [0.4, 0.5) is 5.82 Å². The molecule has 2 aromatic rings. The van der Waals surface area contributed by atoms with Gasteiger partial charge in [-0.25, -0.2) is 4.99 Å². The van der Waals surface area contributed by atoms with Crippen LogP contribution in [0.15, 0.2) is 35.5 Å². The molecule has 0 bridgehead atoms. The quantitative estimate of drug-likeness (QED) is 0.632. The summed E-state index contributed by atoms with van der Waals surface area (Å²) >= 11 is 0. The molecule has 60 valence electrons. The van der Waals surface area contributed by atoms with Gasteiger partial charge < -0.3 is 9.97 Å². The molecule has 0 atom stereocenters. The molecule has 0 saturated carbocycles. The minimum Gasteiger partial charge on any atom is -0.360 e. The Morgan fingerprint density at radius 1 is 1.17 bits per heavy atom. The molecule has 0 aliphatic rings. The molecule has 0 spiro atoms. The van der Waals surface area contributed by atoms with Gasteiger partial charge >= 0.3 is 0 Å². The van der Waals surface area contributed by atoms with E-state index < -0.39 is 0 Å². The molecule has 0 saturated heterocycles. The van der Waals surface area contributed by atoms with Crippen molar-refractivity contribution in [2.45, 2.75) is 0 Å². The van der Waals surface area contributed by atoms with E-state index >= 15 is 0 Å². The van der Waals surface area contributed by atoms with E-state index in [0.29, 0.717) is 0 Å². The zero-order chi connectivity index (χ0) is 8.39. The van der Waals surface area contributed by atoms with Crippen LogP contribution in [0.1, 0.15) is 0 Å². The third-order valence-corrected chi connectivity index (χ3v) is 1.73. The Morgan fingerprint density at radius 3 is 2.67 bits per heavy atom. The van der Waals surface area contributed by atoms with Gasteiger partial charge in [0.2, 0.25) is 0 Å². The summed E-state index contributed by atoms with van der Waals surface area (Å²) in [4.78, 5) is 9.98. The van der Waals surface area contributed by atoms with Crippen molar-refractivity contribution in [2.75, 3.05) is 0 Å². The number of H-pyrrole nitrogens is 2. The Labute approximate surface area is 70.2 Å². The summed E-state index contributed by atoms with van der Waals surface area (Å²) in [6.45, 7) is 3.43. The summed E-state index contributed by atoms with van der Waals surface area (Å²) in [6.07, 6.45) is 1.89. The fourth-order valence-corrected chi connectivity index (χ4v) is 1.13. The number of rotatable bonds is 2. The highest BCUT2D eigenvalue weighted by molar-refractivity contribution is 5.59. The van der Waals surface area contributed by atoms with Crippen molar-refractivity contribution >= 4 is 12.5 Å². The summed E-state index contributed by atoms with van der Waals surface area (Å²) in [6, 6.07) is 7.81. The van der Waals surface area contributed by atoms with Crippen molar-refractivity contribution in [2.24, 2.45) is 4.99 Å². The SMILES string of the molecule is C=Nc1ccc(-c2ccc[nH]2)[nH]1. The fourth-order valence-electron chi connectivity index (χ4n) is 1.13. The molecule has 2 N–H and O–H groups in total. The van der Waals surface area contributed by atoms with Gasteiger partial charge in [0, 0.05) is 6.20 Å². The normalized spacial score (nSPS) is 10.0. The molecule has 3 nitrogen and oxygen atoms in total. The van der Waals surface area contributed by atoms with Gasteiger partial charge in [-0.15, -0.1) is 0 Å². The Kier molecular flexibility index (Phi) is 1.55. The molecule has 2 rings (SSSR count). The zero-order valence-corrected chi connectivity index (χ0v) is 6.54. The Morgan fingerprint density at radius 2 is 2.08 bits per heavy atom. The summed E-state index contributed by atoms with van der Waals surface area (Å²) in [5.41, 5.74) is 2.09. The molecule has 2 aromatic heterocycles. The largest absolute Gasteiger partial charge is 0.360 e. The maximum absolute atomic E-state index is 3.78.